The summed E-state index contributed by atoms with van der Waals surface area (Å²) in [6.45, 7) is -2.95. The molecule has 8 heteroatoms. The Bertz CT molecular complexity index is 722. The second-order valence-electron chi connectivity index (χ2n) is 5.30. The number of carboxylic acid groups (broad SMARTS) is 1. The van der Waals surface area contributed by atoms with Crippen molar-refractivity contribution in [2.24, 2.45) is 0 Å². The van der Waals surface area contributed by atoms with E-state index in [1.807, 2.05) is 6.07 Å². The predicted octanol–water partition coefficient (Wildman–Crippen LogP) is 1.88. The first-order chi connectivity index (χ1) is 12.4. The molecule has 0 unspecified atom stereocenters. The van der Waals surface area contributed by atoms with Crippen LogP contribution in [0.4, 0.5) is 13.6 Å². The van der Waals surface area contributed by atoms with Crippen LogP contribution >= 0.6 is 0 Å². The summed E-state index contributed by atoms with van der Waals surface area (Å²) in [6.07, 6.45) is -1.00. The Kier molecular flexibility index (Phi) is 6.90. The highest BCUT2D eigenvalue weighted by Crippen LogP contribution is 2.16. The molecule has 0 saturated heterocycles. The van der Waals surface area contributed by atoms with Crippen LogP contribution in [0.2, 0.25) is 0 Å². The highest BCUT2D eigenvalue weighted by atomic mass is 19.3. The summed E-state index contributed by atoms with van der Waals surface area (Å²) in [7, 11) is 0. The lowest BCUT2D eigenvalue weighted by atomic mass is 10.1. The summed E-state index contributed by atoms with van der Waals surface area (Å²) in [6, 6.07) is 13.0. The molecule has 0 spiro atoms. The molecule has 0 aliphatic heterocycles. The first-order valence-corrected chi connectivity index (χ1v) is 7.66. The molecule has 6 nitrogen and oxygen atoms in total. The van der Waals surface area contributed by atoms with Gasteiger partial charge in [-0.2, -0.15) is 8.78 Å². The van der Waals surface area contributed by atoms with Crippen molar-refractivity contribution in [3.05, 3.63) is 65.7 Å². The quantitative estimate of drug-likeness (QED) is 0.773. The lowest BCUT2D eigenvalue weighted by molar-refractivity contribution is -0.308. The van der Waals surface area contributed by atoms with Crippen LogP contribution in [-0.4, -0.2) is 24.7 Å². The number of carbonyl (C=O) groups excluding carboxylic acids is 2. The molecular formula is C18H16F2NO5-. The van der Waals surface area contributed by atoms with Crippen LogP contribution in [0.5, 0.6) is 5.75 Å². The number of hydrogen-bond donors (Lipinski definition) is 1. The number of aliphatic carboxylic acids is 1. The van der Waals surface area contributed by atoms with Gasteiger partial charge in [0, 0.05) is 0 Å². The second kappa shape index (κ2) is 9.36. The summed E-state index contributed by atoms with van der Waals surface area (Å²) >= 11 is 0. The molecule has 1 N–H and O–H groups in total. The zero-order valence-electron chi connectivity index (χ0n) is 13.6. The highest BCUT2D eigenvalue weighted by molar-refractivity contribution is 5.78. The number of amides is 1. The maximum absolute atomic E-state index is 12.1. The van der Waals surface area contributed by atoms with E-state index in [9.17, 15) is 23.5 Å². The number of rotatable bonds is 8. The Morgan fingerprint density at radius 3 is 2.23 bits per heavy atom. The first kappa shape index (κ1) is 19.2. The lowest BCUT2D eigenvalue weighted by Crippen LogP contribution is -2.49. The van der Waals surface area contributed by atoms with Gasteiger partial charge in [-0.1, -0.05) is 42.5 Å². The number of carboxylic acids is 1. The molecule has 2 aromatic rings. The average molecular weight is 364 g/mol. The first-order valence-electron chi connectivity index (χ1n) is 7.66. The van der Waals surface area contributed by atoms with E-state index in [0.29, 0.717) is 5.56 Å². The molecule has 2 rings (SSSR count). The van der Waals surface area contributed by atoms with Gasteiger partial charge in [0.05, 0.1) is 12.0 Å². The molecule has 26 heavy (non-hydrogen) atoms. The fourth-order valence-electron chi connectivity index (χ4n) is 2.14. The van der Waals surface area contributed by atoms with Crippen molar-refractivity contribution in [2.75, 3.05) is 0 Å². The number of ether oxygens (including phenoxy) is 2. The van der Waals surface area contributed by atoms with E-state index in [4.69, 9.17) is 4.74 Å². The van der Waals surface area contributed by atoms with Gasteiger partial charge in [-0.3, -0.25) is 0 Å². The molecule has 0 radical (unpaired) electrons. The van der Waals surface area contributed by atoms with Crippen LogP contribution < -0.4 is 15.2 Å². The van der Waals surface area contributed by atoms with Crippen molar-refractivity contribution >= 4 is 12.1 Å². The van der Waals surface area contributed by atoms with Gasteiger partial charge in [-0.15, -0.1) is 0 Å². The van der Waals surface area contributed by atoms with Gasteiger partial charge >= 0.3 is 12.7 Å². The Morgan fingerprint density at radius 1 is 1.00 bits per heavy atom. The minimum absolute atomic E-state index is 0.00783. The molecular weight excluding hydrogens is 348 g/mol. The summed E-state index contributed by atoms with van der Waals surface area (Å²) in [5.41, 5.74) is 1.24. The molecule has 0 aromatic heterocycles. The molecule has 0 fully saturated rings. The molecule has 0 bridgehead atoms. The van der Waals surface area contributed by atoms with E-state index in [2.05, 4.69) is 10.1 Å². The van der Waals surface area contributed by atoms with E-state index < -0.39 is 24.7 Å². The maximum Gasteiger partial charge on any atom is 0.408 e. The van der Waals surface area contributed by atoms with E-state index >= 15 is 0 Å². The summed E-state index contributed by atoms with van der Waals surface area (Å²) in [5.74, 6) is -1.54. The van der Waals surface area contributed by atoms with E-state index in [0.717, 1.165) is 5.56 Å². The lowest BCUT2D eigenvalue weighted by Gasteiger charge is -2.19. The topological polar surface area (TPSA) is 87.7 Å². The summed E-state index contributed by atoms with van der Waals surface area (Å²) < 4.78 is 33.4. The number of nitrogens with one attached hydrogen (secondary N) is 1. The third-order valence-electron chi connectivity index (χ3n) is 3.38. The molecule has 0 aliphatic rings. The number of carbonyl (C=O) groups is 2. The molecule has 0 aliphatic carbocycles. The third-order valence-corrected chi connectivity index (χ3v) is 3.38. The predicted molar refractivity (Wildman–Crippen MR) is 85.3 cm³/mol. The second-order valence-corrected chi connectivity index (χ2v) is 5.30. The Hall–Kier alpha value is -3.16. The van der Waals surface area contributed by atoms with Crippen molar-refractivity contribution in [1.29, 1.82) is 0 Å². The van der Waals surface area contributed by atoms with Crippen molar-refractivity contribution in [2.45, 2.75) is 25.7 Å². The van der Waals surface area contributed by atoms with Crippen LogP contribution in [0.1, 0.15) is 11.1 Å². The van der Waals surface area contributed by atoms with Gasteiger partial charge in [0.15, 0.2) is 0 Å². The van der Waals surface area contributed by atoms with Crippen molar-refractivity contribution in [1.82, 2.24) is 5.32 Å². The summed E-state index contributed by atoms with van der Waals surface area (Å²) in [4.78, 5) is 23.0. The Labute approximate surface area is 148 Å². The van der Waals surface area contributed by atoms with Crippen LogP contribution in [0.3, 0.4) is 0 Å². The molecule has 1 atom stereocenters. The van der Waals surface area contributed by atoms with Crippen LogP contribution in [0, 0.1) is 0 Å². The van der Waals surface area contributed by atoms with Gasteiger partial charge in [0.25, 0.3) is 0 Å². The maximum atomic E-state index is 12.1. The monoisotopic (exact) mass is 364 g/mol. The van der Waals surface area contributed by atoms with E-state index in [-0.39, 0.29) is 18.8 Å². The van der Waals surface area contributed by atoms with Crippen LogP contribution in [0.15, 0.2) is 54.6 Å². The normalized spacial score (nSPS) is 11.7. The average Bonchev–Trinajstić information content (AvgIpc) is 2.61. The summed E-state index contributed by atoms with van der Waals surface area (Å²) in [5, 5.41) is 13.4. The standard InChI is InChI=1S/C18H17F2NO5/c19-17(20)26-14-8-6-12(7-9-14)10-15(16(22)23)21-18(24)25-11-13-4-2-1-3-5-13/h1-9,15,17H,10-11H2,(H,21,24)(H,22,23)/p-1/t15-/m0/s1. The minimum atomic E-state index is -2.95. The Balaban J connectivity index is 1.89. The third kappa shape index (κ3) is 6.39. The number of benzene rings is 2. The van der Waals surface area contributed by atoms with Gasteiger partial charge in [-0.25, -0.2) is 4.79 Å². The fourth-order valence-corrected chi connectivity index (χ4v) is 2.14. The minimum Gasteiger partial charge on any atom is -0.548 e. The molecule has 0 heterocycles. The fraction of sp³-hybridized carbons (Fsp3) is 0.222. The van der Waals surface area contributed by atoms with Gasteiger partial charge in [-0.05, 0) is 29.7 Å². The molecule has 2 aromatic carbocycles. The van der Waals surface area contributed by atoms with Gasteiger partial charge < -0.3 is 24.7 Å². The zero-order chi connectivity index (χ0) is 18.9. The van der Waals surface area contributed by atoms with Crippen molar-refractivity contribution in [3.63, 3.8) is 0 Å². The smallest absolute Gasteiger partial charge is 0.408 e. The number of hydrogen-bond acceptors (Lipinski definition) is 5. The van der Waals surface area contributed by atoms with E-state index in [1.165, 1.54) is 24.3 Å². The van der Waals surface area contributed by atoms with Gasteiger partial charge in [0.1, 0.15) is 12.4 Å². The number of alkyl halides is 2. The Morgan fingerprint density at radius 2 is 1.65 bits per heavy atom. The largest absolute Gasteiger partial charge is 0.548 e. The molecule has 138 valence electrons. The van der Waals surface area contributed by atoms with Crippen molar-refractivity contribution in [3.8, 4) is 5.75 Å². The number of alkyl carbamates (subject to hydrolysis) is 1. The molecule has 1 amide bonds. The zero-order valence-corrected chi connectivity index (χ0v) is 13.6. The van der Waals surface area contributed by atoms with Crippen molar-refractivity contribution < 1.29 is 33.0 Å². The van der Waals surface area contributed by atoms with E-state index in [1.54, 1.807) is 24.3 Å². The SMILES string of the molecule is O=C(N[C@@H](Cc1ccc(OC(F)F)cc1)C(=O)[O-])OCc1ccccc1. The highest BCUT2D eigenvalue weighted by Gasteiger charge is 2.15. The number of halogens is 2. The van der Waals surface area contributed by atoms with Gasteiger partial charge in [0.2, 0.25) is 0 Å². The van der Waals surface area contributed by atoms with Crippen LogP contribution in [-0.2, 0) is 22.6 Å². The van der Waals surface area contributed by atoms with Crippen LogP contribution in [0.25, 0.3) is 0 Å². The molecule has 0 saturated carbocycles.